The Balaban J connectivity index is 1.93. The highest BCUT2D eigenvalue weighted by Gasteiger charge is 2.15. The summed E-state index contributed by atoms with van der Waals surface area (Å²) in [6.45, 7) is 10.6. The van der Waals surface area contributed by atoms with Crippen molar-refractivity contribution in [1.82, 2.24) is 15.5 Å². The standard InChI is InChI=1S/C19H27N3O2S/c1-6-7-13(2)20-16(23)12-25-18-22-21-17(24-18)14-8-10-15(11-9-14)19(3,4)5/h8-11,13H,6-7,12H2,1-5H3,(H,20,23)/t13-/m1/s1. The number of carbonyl (C=O) groups excluding carboxylic acids is 1. The van der Waals surface area contributed by atoms with Gasteiger partial charge in [-0.1, -0.05) is 58.0 Å². The summed E-state index contributed by atoms with van der Waals surface area (Å²) in [6, 6.07) is 8.32. The van der Waals surface area contributed by atoms with E-state index >= 15 is 0 Å². The Morgan fingerprint density at radius 1 is 1.24 bits per heavy atom. The van der Waals surface area contributed by atoms with Crippen LogP contribution >= 0.6 is 11.8 Å². The van der Waals surface area contributed by atoms with E-state index in [1.165, 1.54) is 17.3 Å². The number of nitrogens with zero attached hydrogens (tertiary/aromatic N) is 2. The lowest BCUT2D eigenvalue weighted by molar-refractivity contribution is -0.119. The molecule has 136 valence electrons. The predicted octanol–water partition coefficient (Wildman–Crippen LogP) is 4.43. The third kappa shape index (κ3) is 5.88. The maximum absolute atomic E-state index is 11.9. The lowest BCUT2D eigenvalue weighted by Gasteiger charge is -2.18. The number of rotatable bonds is 7. The Bertz CT molecular complexity index is 689. The van der Waals surface area contributed by atoms with E-state index in [2.05, 4.69) is 55.3 Å². The number of aromatic nitrogens is 2. The minimum Gasteiger partial charge on any atom is -0.411 e. The van der Waals surface area contributed by atoms with Crippen LogP contribution in [-0.4, -0.2) is 27.9 Å². The average molecular weight is 362 g/mol. The Labute approximate surface area is 154 Å². The molecule has 0 saturated heterocycles. The first-order valence-corrected chi connectivity index (χ1v) is 9.64. The molecule has 0 unspecified atom stereocenters. The molecule has 6 heteroatoms. The van der Waals surface area contributed by atoms with Crippen LogP contribution in [0.5, 0.6) is 0 Å². The van der Waals surface area contributed by atoms with Crippen LogP contribution in [0.2, 0.25) is 0 Å². The van der Waals surface area contributed by atoms with Crippen molar-refractivity contribution >= 4 is 17.7 Å². The topological polar surface area (TPSA) is 68.0 Å². The Morgan fingerprint density at radius 3 is 2.52 bits per heavy atom. The number of carbonyl (C=O) groups is 1. The summed E-state index contributed by atoms with van der Waals surface area (Å²) in [5.74, 6) is 0.738. The molecule has 2 rings (SSSR count). The Kier molecular flexibility index (Phi) is 6.64. The van der Waals surface area contributed by atoms with Crippen molar-refractivity contribution < 1.29 is 9.21 Å². The van der Waals surface area contributed by atoms with Gasteiger partial charge >= 0.3 is 0 Å². The van der Waals surface area contributed by atoms with Gasteiger partial charge in [0.25, 0.3) is 5.22 Å². The highest BCUT2D eigenvalue weighted by Crippen LogP contribution is 2.27. The second-order valence-corrected chi connectivity index (χ2v) is 8.17. The summed E-state index contributed by atoms with van der Waals surface area (Å²) in [5.41, 5.74) is 2.24. The fourth-order valence-corrected chi connectivity index (χ4v) is 3.02. The third-order valence-corrected chi connectivity index (χ3v) is 4.68. The molecule has 1 heterocycles. The van der Waals surface area contributed by atoms with E-state index in [0.29, 0.717) is 11.1 Å². The van der Waals surface area contributed by atoms with Gasteiger partial charge in [0, 0.05) is 11.6 Å². The van der Waals surface area contributed by atoms with Gasteiger partial charge in [-0.3, -0.25) is 4.79 Å². The zero-order valence-electron chi connectivity index (χ0n) is 15.6. The molecule has 1 amide bonds. The summed E-state index contributed by atoms with van der Waals surface area (Å²) >= 11 is 1.26. The second-order valence-electron chi connectivity index (χ2n) is 7.25. The lowest BCUT2D eigenvalue weighted by Crippen LogP contribution is -2.33. The molecule has 0 radical (unpaired) electrons. The first-order chi connectivity index (χ1) is 11.8. The molecule has 1 aromatic carbocycles. The maximum atomic E-state index is 11.9. The van der Waals surface area contributed by atoms with Gasteiger partial charge in [-0.15, -0.1) is 10.2 Å². The average Bonchev–Trinajstić information content (AvgIpc) is 3.01. The van der Waals surface area contributed by atoms with E-state index < -0.39 is 0 Å². The molecule has 1 N–H and O–H groups in total. The van der Waals surface area contributed by atoms with Crippen molar-refractivity contribution in [3.8, 4) is 11.5 Å². The third-order valence-electron chi connectivity index (χ3n) is 3.86. The molecule has 0 aliphatic rings. The Morgan fingerprint density at radius 2 is 1.92 bits per heavy atom. The van der Waals surface area contributed by atoms with Gasteiger partial charge in [-0.25, -0.2) is 0 Å². The molecule has 1 aromatic heterocycles. The van der Waals surface area contributed by atoms with E-state index in [1.807, 2.05) is 19.1 Å². The first-order valence-electron chi connectivity index (χ1n) is 8.66. The zero-order chi connectivity index (χ0) is 18.4. The molecule has 0 fully saturated rings. The van der Waals surface area contributed by atoms with Gasteiger partial charge in [0.15, 0.2) is 0 Å². The molecular weight excluding hydrogens is 334 g/mol. The van der Waals surface area contributed by atoms with Crippen molar-refractivity contribution in [3.63, 3.8) is 0 Å². The van der Waals surface area contributed by atoms with Crippen LogP contribution in [0.1, 0.15) is 53.0 Å². The van der Waals surface area contributed by atoms with E-state index in [-0.39, 0.29) is 23.1 Å². The lowest BCUT2D eigenvalue weighted by atomic mass is 9.87. The molecule has 2 aromatic rings. The number of hydrogen-bond donors (Lipinski definition) is 1. The van der Waals surface area contributed by atoms with Crippen LogP contribution < -0.4 is 5.32 Å². The molecule has 0 saturated carbocycles. The fraction of sp³-hybridized carbons (Fsp3) is 0.526. The van der Waals surface area contributed by atoms with Gasteiger partial charge in [0.2, 0.25) is 11.8 Å². The summed E-state index contributed by atoms with van der Waals surface area (Å²) < 4.78 is 5.66. The SMILES string of the molecule is CCC[C@@H](C)NC(=O)CSc1nnc(-c2ccc(C(C)(C)C)cc2)o1. The van der Waals surface area contributed by atoms with Crippen molar-refractivity contribution in [3.05, 3.63) is 29.8 Å². The van der Waals surface area contributed by atoms with Gasteiger partial charge < -0.3 is 9.73 Å². The Hall–Kier alpha value is -1.82. The molecule has 5 nitrogen and oxygen atoms in total. The van der Waals surface area contributed by atoms with Crippen LogP contribution in [0.4, 0.5) is 0 Å². The monoisotopic (exact) mass is 361 g/mol. The smallest absolute Gasteiger partial charge is 0.277 e. The summed E-state index contributed by atoms with van der Waals surface area (Å²) in [4.78, 5) is 11.9. The number of amides is 1. The normalized spacial score (nSPS) is 12.8. The second kappa shape index (κ2) is 8.52. The predicted molar refractivity (Wildman–Crippen MR) is 102 cm³/mol. The van der Waals surface area contributed by atoms with Gasteiger partial charge in [-0.2, -0.15) is 0 Å². The number of hydrogen-bond acceptors (Lipinski definition) is 5. The molecule has 0 spiro atoms. The van der Waals surface area contributed by atoms with Crippen LogP contribution in [0.15, 0.2) is 33.9 Å². The molecule has 1 atom stereocenters. The zero-order valence-corrected chi connectivity index (χ0v) is 16.4. The van der Waals surface area contributed by atoms with E-state index in [1.54, 1.807) is 0 Å². The van der Waals surface area contributed by atoms with E-state index in [9.17, 15) is 4.79 Å². The fourth-order valence-electron chi connectivity index (χ4n) is 2.45. The van der Waals surface area contributed by atoms with E-state index in [0.717, 1.165) is 18.4 Å². The summed E-state index contributed by atoms with van der Waals surface area (Å²) in [7, 11) is 0. The summed E-state index contributed by atoms with van der Waals surface area (Å²) in [6.07, 6.45) is 2.03. The van der Waals surface area contributed by atoms with Crippen molar-refractivity contribution in [1.29, 1.82) is 0 Å². The molecule has 0 aliphatic heterocycles. The minimum absolute atomic E-state index is 0.0137. The molecule has 25 heavy (non-hydrogen) atoms. The quantitative estimate of drug-likeness (QED) is 0.739. The number of benzene rings is 1. The molecule has 0 bridgehead atoms. The highest BCUT2D eigenvalue weighted by atomic mass is 32.2. The van der Waals surface area contributed by atoms with Crippen molar-refractivity contribution in [2.75, 3.05) is 5.75 Å². The highest BCUT2D eigenvalue weighted by molar-refractivity contribution is 7.99. The van der Waals surface area contributed by atoms with Crippen LogP contribution in [0.25, 0.3) is 11.5 Å². The maximum Gasteiger partial charge on any atom is 0.277 e. The largest absolute Gasteiger partial charge is 0.411 e. The number of thioether (sulfide) groups is 1. The van der Waals surface area contributed by atoms with Crippen LogP contribution in [0.3, 0.4) is 0 Å². The first kappa shape index (κ1) is 19.5. The van der Waals surface area contributed by atoms with Crippen molar-refractivity contribution in [2.24, 2.45) is 0 Å². The van der Waals surface area contributed by atoms with Gasteiger partial charge in [0.05, 0.1) is 5.75 Å². The van der Waals surface area contributed by atoms with Gasteiger partial charge in [0.1, 0.15) is 0 Å². The minimum atomic E-state index is -0.0137. The van der Waals surface area contributed by atoms with Gasteiger partial charge in [-0.05, 0) is 36.5 Å². The molecular formula is C19H27N3O2S. The van der Waals surface area contributed by atoms with E-state index in [4.69, 9.17) is 4.42 Å². The van der Waals surface area contributed by atoms with Crippen LogP contribution in [-0.2, 0) is 10.2 Å². The number of nitrogens with one attached hydrogen (secondary N) is 1. The summed E-state index contributed by atoms with van der Waals surface area (Å²) in [5, 5.41) is 11.5. The molecule has 0 aliphatic carbocycles. The van der Waals surface area contributed by atoms with Crippen molar-refractivity contribution in [2.45, 2.75) is 64.1 Å². The van der Waals surface area contributed by atoms with Crippen LogP contribution in [0, 0.1) is 0 Å².